The Labute approximate surface area is 286 Å². The van der Waals surface area contributed by atoms with Gasteiger partial charge in [-0.1, -0.05) is 121 Å². The molecule has 8 aromatic carbocycles. The summed E-state index contributed by atoms with van der Waals surface area (Å²) in [5.74, 6) is 0. The van der Waals surface area contributed by atoms with Crippen molar-refractivity contribution < 1.29 is 0 Å². The SMILES string of the molecule is CC1(c2ccccc2)c2cccc3c2B2c4c(cccc4N(c4ccc5ccccc5c4)c4cccc1c42)N3c1ccc2ccccc2c1. The van der Waals surface area contributed by atoms with Crippen molar-refractivity contribution in [1.29, 1.82) is 0 Å². The number of hydrogen-bond acceptors (Lipinski definition) is 2. The summed E-state index contributed by atoms with van der Waals surface area (Å²) in [5.41, 5.74) is 15.3. The summed E-state index contributed by atoms with van der Waals surface area (Å²) in [6.07, 6.45) is 0. The number of benzene rings is 8. The van der Waals surface area contributed by atoms with Crippen molar-refractivity contribution in [3.8, 4) is 0 Å². The van der Waals surface area contributed by atoms with E-state index in [1.165, 1.54) is 88.7 Å². The summed E-state index contributed by atoms with van der Waals surface area (Å²) in [5, 5.41) is 5.00. The van der Waals surface area contributed by atoms with E-state index < -0.39 is 0 Å². The Balaban J connectivity index is 1.28. The lowest BCUT2D eigenvalue weighted by Gasteiger charge is -2.51. The smallest absolute Gasteiger partial charge is 0.252 e. The fraction of sp³-hybridized carbons (Fsp3) is 0.0435. The predicted molar refractivity (Wildman–Crippen MR) is 207 cm³/mol. The number of fused-ring (bicyclic) bond motifs is 2. The molecule has 0 spiro atoms. The summed E-state index contributed by atoms with van der Waals surface area (Å²) in [6.45, 7) is 2.56. The van der Waals surface area contributed by atoms with E-state index in [-0.39, 0.29) is 12.1 Å². The summed E-state index contributed by atoms with van der Waals surface area (Å²) >= 11 is 0. The van der Waals surface area contributed by atoms with Crippen molar-refractivity contribution in [3.63, 3.8) is 0 Å². The third kappa shape index (κ3) is 3.52. The molecule has 0 bridgehead atoms. The quantitative estimate of drug-likeness (QED) is 0.181. The van der Waals surface area contributed by atoms with Gasteiger partial charge in [0, 0.05) is 39.5 Å². The molecule has 0 unspecified atom stereocenters. The molecule has 3 aliphatic rings. The van der Waals surface area contributed by atoms with Crippen molar-refractivity contribution in [1.82, 2.24) is 0 Å². The topological polar surface area (TPSA) is 6.48 Å². The Hall–Kier alpha value is -6.06. The molecule has 0 aromatic heterocycles. The number of hydrogen-bond donors (Lipinski definition) is 0. The van der Waals surface area contributed by atoms with E-state index in [0.29, 0.717) is 0 Å². The van der Waals surface area contributed by atoms with Gasteiger partial charge in [0.1, 0.15) is 0 Å². The molecule has 0 saturated heterocycles. The molecule has 0 radical (unpaired) electrons. The Morgan fingerprint density at radius 3 is 1.33 bits per heavy atom. The van der Waals surface area contributed by atoms with E-state index in [0.717, 1.165) is 0 Å². The first-order valence-corrected chi connectivity index (χ1v) is 17.2. The largest absolute Gasteiger partial charge is 0.311 e. The fourth-order valence-electron chi connectivity index (χ4n) is 9.31. The Morgan fingerprint density at radius 2 is 0.816 bits per heavy atom. The molecule has 8 aromatic rings. The molecule has 3 heterocycles. The van der Waals surface area contributed by atoms with Crippen molar-refractivity contribution in [2.24, 2.45) is 0 Å². The zero-order valence-corrected chi connectivity index (χ0v) is 27.1. The van der Waals surface area contributed by atoms with E-state index >= 15 is 0 Å². The normalized spacial score (nSPS) is 14.7. The lowest BCUT2D eigenvalue weighted by Crippen LogP contribution is -2.67. The first-order valence-electron chi connectivity index (χ1n) is 17.2. The first kappa shape index (κ1) is 27.0. The number of anilines is 6. The summed E-state index contributed by atoms with van der Waals surface area (Å²) in [4.78, 5) is 5.06. The van der Waals surface area contributed by atoms with Crippen LogP contribution in [0.2, 0.25) is 0 Å². The average molecular weight is 623 g/mol. The van der Waals surface area contributed by atoms with Gasteiger partial charge in [0.2, 0.25) is 0 Å². The van der Waals surface area contributed by atoms with Gasteiger partial charge >= 0.3 is 0 Å². The van der Waals surface area contributed by atoms with Gasteiger partial charge in [-0.2, -0.15) is 0 Å². The molecule has 0 amide bonds. The molecule has 0 fully saturated rings. The van der Waals surface area contributed by atoms with Crippen molar-refractivity contribution in [2.45, 2.75) is 12.3 Å². The van der Waals surface area contributed by atoms with E-state index in [2.05, 4.69) is 187 Å². The molecule has 11 rings (SSSR count). The van der Waals surface area contributed by atoms with Gasteiger partial charge in [0.15, 0.2) is 0 Å². The molecule has 0 aliphatic carbocycles. The Kier molecular flexibility index (Phi) is 5.36. The van der Waals surface area contributed by atoms with Gasteiger partial charge < -0.3 is 9.80 Å². The molecule has 228 valence electrons. The van der Waals surface area contributed by atoms with E-state index in [1.807, 2.05) is 0 Å². The highest BCUT2D eigenvalue weighted by Gasteiger charge is 2.52. The monoisotopic (exact) mass is 622 g/mol. The van der Waals surface area contributed by atoms with Gasteiger partial charge in [-0.25, -0.2) is 0 Å². The van der Waals surface area contributed by atoms with Crippen LogP contribution >= 0.6 is 0 Å². The Bertz CT molecular complexity index is 2500. The van der Waals surface area contributed by atoms with Crippen LogP contribution in [0.15, 0.2) is 170 Å². The van der Waals surface area contributed by atoms with Crippen molar-refractivity contribution in [3.05, 3.63) is 187 Å². The van der Waals surface area contributed by atoms with Crippen LogP contribution in [0, 0.1) is 0 Å². The van der Waals surface area contributed by atoms with Gasteiger partial charge in [-0.15, -0.1) is 0 Å². The minimum absolute atomic E-state index is 0.119. The lowest BCUT2D eigenvalue weighted by molar-refractivity contribution is 0.697. The van der Waals surface area contributed by atoms with Crippen LogP contribution in [0.1, 0.15) is 23.6 Å². The van der Waals surface area contributed by atoms with Crippen LogP contribution in [0.25, 0.3) is 21.5 Å². The highest BCUT2D eigenvalue weighted by atomic mass is 15.2. The van der Waals surface area contributed by atoms with Crippen molar-refractivity contribution in [2.75, 3.05) is 9.80 Å². The van der Waals surface area contributed by atoms with Gasteiger partial charge in [-0.05, 0) is 110 Å². The van der Waals surface area contributed by atoms with Gasteiger partial charge in [-0.3, -0.25) is 0 Å². The maximum Gasteiger partial charge on any atom is 0.252 e. The zero-order valence-electron chi connectivity index (χ0n) is 27.1. The highest BCUT2D eigenvalue weighted by Crippen LogP contribution is 2.50. The first-order chi connectivity index (χ1) is 24.2. The van der Waals surface area contributed by atoms with Crippen LogP contribution in [-0.4, -0.2) is 6.71 Å². The minimum Gasteiger partial charge on any atom is -0.311 e. The summed E-state index contributed by atoms with van der Waals surface area (Å²) in [6, 6.07) is 63.3. The van der Waals surface area contributed by atoms with E-state index in [4.69, 9.17) is 0 Å². The van der Waals surface area contributed by atoms with Crippen LogP contribution in [-0.2, 0) is 5.41 Å². The predicted octanol–water partition coefficient (Wildman–Crippen LogP) is 9.74. The molecular weight excluding hydrogens is 591 g/mol. The molecule has 3 heteroatoms. The molecule has 0 atom stereocenters. The van der Waals surface area contributed by atoms with Crippen molar-refractivity contribution >= 4 is 78.8 Å². The molecular formula is C46H31BN2. The molecule has 3 aliphatic heterocycles. The second-order valence-electron chi connectivity index (χ2n) is 13.8. The minimum atomic E-state index is -0.345. The fourth-order valence-corrected chi connectivity index (χ4v) is 9.31. The van der Waals surface area contributed by atoms with Gasteiger partial charge in [0.05, 0.1) is 0 Å². The van der Waals surface area contributed by atoms with Crippen LogP contribution in [0.5, 0.6) is 0 Å². The molecule has 0 N–H and O–H groups in total. The molecule has 49 heavy (non-hydrogen) atoms. The average Bonchev–Trinajstić information content (AvgIpc) is 3.16. The number of rotatable bonds is 3. The standard InChI is InChI=1S/C46H31BN2/c1-46(34-16-3-2-4-17-34)37-18-9-20-39-43(37)47-44-38(46)19-10-21-40(44)49(36-27-25-31-13-6-8-15-33(31)29-36)42-23-11-22-41(45(42)47)48(39)35-26-24-30-12-5-7-14-32(30)28-35/h2-29H,1H3. The second kappa shape index (κ2) is 9.75. The third-order valence-electron chi connectivity index (χ3n) is 11.5. The highest BCUT2D eigenvalue weighted by molar-refractivity contribution is 7.01. The molecule has 0 saturated carbocycles. The lowest BCUT2D eigenvalue weighted by atomic mass is 9.28. The third-order valence-corrected chi connectivity index (χ3v) is 11.5. The summed E-state index contributed by atoms with van der Waals surface area (Å²) < 4.78 is 0. The maximum atomic E-state index is 2.53. The second-order valence-corrected chi connectivity index (χ2v) is 13.8. The van der Waals surface area contributed by atoms with E-state index in [9.17, 15) is 0 Å². The molecule has 2 nitrogen and oxygen atoms in total. The maximum absolute atomic E-state index is 2.53. The van der Waals surface area contributed by atoms with Gasteiger partial charge in [0.25, 0.3) is 6.71 Å². The van der Waals surface area contributed by atoms with Crippen LogP contribution < -0.4 is 26.2 Å². The van der Waals surface area contributed by atoms with Crippen LogP contribution in [0.3, 0.4) is 0 Å². The van der Waals surface area contributed by atoms with Crippen LogP contribution in [0.4, 0.5) is 34.1 Å². The Morgan fingerprint density at radius 1 is 0.388 bits per heavy atom. The number of nitrogens with zero attached hydrogens (tertiary/aromatic N) is 2. The van der Waals surface area contributed by atoms with E-state index in [1.54, 1.807) is 0 Å². The zero-order chi connectivity index (χ0) is 32.3. The summed E-state index contributed by atoms with van der Waals surface area (Å²) in [7, 11) is 0.